The molecule has 1 aromatic heterocycles. The first-order valence-electron chi connectivity index (χ1n) is 6.13. The van der Waals surface area contributed by atoms with Gasteiger partial charge in [0.2, 0.25) is 0 Å². The molecule has 20 heavy (non-hydrogen) atoms. The fraction of sp³-hybridized carbons (Fsp3) is 0.200. The van der Waals surface area contributed by atoms with E-state index in [0.717, 1.165) is 11.3 Å². The minimum Gasteiger partial charge on any atom is -0.497 e. The van der Waals surface area contributed by atoms with Gasteiger partial charge in [-0.2, -0.15) is 0 Å². The van der Waals surface area contributed by atoms with Gasteiger partial charge in [0.25, 0.3) is 0 Å². The van der Waals surface area contributed by atoms with Crippen LogP contribution in [0, 0.1) is 0 Å². The van der Waals surface area contributed by atoms with Gasteiger partial charge in [-0.3, -0.25) is 4.98 Å². The van der Waals surface area contributed by atoms with Crippen LogP contribution in [-0.4, -0.2) is 29.8 Å². The molecular weight excluding hydrogens is 258 g/mol. The lowest BCUT2D eigenvalue weighted by Gasteiger charge is -2.08. The fourth-order valence-corrected chi connectivity index (χ4v) is 1.74. The molecule has 0 aliphatic heterocycles. The molecule has 0 atom stereocenters. The zero-order chi connectivity index (χ0) is 14.4. The van der Waals surface area contributed by atoms with E-state index in [4.69, 9.17) is 14.6 Å². The maximum atomic E-state index is 11.0. The van der Waals surface area contributed by atoms with E-state index in [9.17, 15) is 4.79 Å². The first-order chi connectivity index (χ1) is 9.70. The number of hydrogen-bond donors (Lipinski definition) is 1. The van der Waals surface area contributed by atoms with E-state index in [1.165, 1.54) is 18.5 Å². The number of nitrogens with zero attached hydrogens (tertiary/aromatic N) is 1. The SMILES string of the molecule is COc1ccc(CCOc2cnccc2C(=O)O)cc1. The number of ether oxygens (including phenoxy) is 2. The van der Waals surface area contributed by atoms with Gasteiger partial charge < -0.3 is 14.6 Å². The summed E-state index contributed by atoms with van der Waals surface area (Å²) in [7, 11) is 1.62. The first-order valence-corrected chi connectivity index (χ1v) is 6.13. The summed E-state index contributed by atoms with van der Waals surface area (Å²) in [5, 5.41) is 9.02. The number of aromatic nitrogens is 1. The van der Waals surface area contributed by atoms with E-state index in [2.05, 4.69) is 4.98 Å². The molecule has 1 N–H and O–H groups in total. The van der Waals surface area contributed by atoms with Crippen molar-refractivity contribution in [3.8, 4) is 11.5 Å². The van der Waals surface area contributed by atoms with Gasteiger partial charge in [-0.05, 0) is 23.8 Å². The third-order valence-electron chi connectivity index (χ3n) is 2.82. The van der Waals surface area contributed by atoms with Gasteiger partial charge >= 0.3 is 5.97 Å². The topological polar surface area (TPSA) is 68.7 Å². The number of pyridine rings is 1. The molecule has 1 heterocycles. The summed E-state index contributed by atoms with van der Waals surface area (Å²) in [4.78, 5) is 14.9. The first kappa shape index (κ1) is 13.9. The third-order valence-corrected chi connectivity index (χ3v) is 2.82. The lowest BCUT2D eigenvalue weighted by atomic mass is 10.1. The van der Waals surface area contributed by atoms with Crippen LogP contribution < -0.4 is 9.47 Å². The summed E-state index contributed by atoms with van der Waals surface area (Å²) in [6, 6.07) is 9.07. The molecule has 0 saturated carbocycles. The lowest BCUT2D eigenvalue weighted by molar-refractivity contribution is 0.0692. The highest BCUT2D eigenvalue weighted by Crippen LogP contribution is 2.17. The van der Waals surface area contributed by atoms with Crippen LogP contribution in [0.4, 0.5) is 0 Å². The Morgan fingerprint density at radius 2 is 2.00 bits per heavy atom. The Morgan fingerprint density at radius 1 is 1.25 bits per heavy atom. The molecule has 0 aliphatic rings. The number of hydrogen-bond acceptors (Lipinski definition) is 4. The zero-order valence-corrected chi connectivity index (χ0v) is 11.1. The van der Waals surface area contributed by atoms with Crippen LogP contribution in [0.15, 0.2) is 42.7 Å². The van der Waals surface area contributed by atoms with E-state index < -0.39 is 5.97 Å². The van der Waals surface area contributed by atoms with Gasteiger partial charge in [-0.15, -0.1) is 0 Å². The highest BCUT2D eigenvalue weighted by Gasteiger charge is 2.10. The summed E-state index contributed by atoms with van der Waals surface area (Å²) in [5.41, 5.74) is 1.21. The van der Waals surface area contributed by atoms with Gasteiger partial charge in [0.15, 0.2) is 5.75 Å². The second-order valence-electron chi connectivity index (χ2n) is 4.12. The number of carboxylic acids is 1. The summed E-state index contributed by atoms with van der Waals surface area (Å²) < 4.78 is 10.6. The Balaban J connectivity index is 1.94. The van der Waals surface area contributed by atoms with Crippen molar-refractivity contribution < 1.29 is 19.4 Å². The third kappa shape index (κ3) is 3.47. The molecule has 2 rings (SSSR count). The molecule has 0 aliphatic carbocycles. The molecule has 1 aromatic carbocycles. The summed E-state index contributed by atoms with van der Waals surface area (Å²) in [6.45, 7) is 0.387. The Labute approximate surface area is 116 Å². The monoisotopic (exact) mass is 273 g/mol. The fourth-order valence-electron chi connectivity index (χ4n) is 1.74. The number of benzene rings is 1. The molecule has 0 spiro atoms. The van der Waals surface area contributed by atoms with Crippen LogP contribution in [0.25, 0.3) is 0 Å². The van der Waals surface area contributed by atoms with Crippen molar-refractivity contribution in [3.63, 3.8) is 0 Å². The quantitative estimate of drug-likeness (QED) is 0.875. The van der Waals surface area contributed by atoms with Crippen molar-refractivity contribution in [2.45, 2.75) is 6.42 Å². The van der Waals surface area contributed by atoms with Crippen molar-refractivity contribution in [1.29, 1.82) is 0 Å². The molecular formula is C15H15NO4. The molecule has 0 amide bonds. The number of methoxy groups -OCH3 is 1. The number of aromatic carboxylic acids is 1. The maximum absolute atomic E-state index is 11.0. The van der Waals surface area contributed by atoms with Gasteiger partial charge in [-0.1, -0.05) is 12.1 Å². The van der Waals surface area contributed by atoms with Crippen molar-refractivity contribution in [1.82, 2.24) is 4.98 Å². The predicted molar refractivity (Wildman–Crippen MR) is 73.4 cm³/mol. The summed E-state index contributed by atoms with van der Waals surface area (Å²) >= 11 is 0. The molecule has 5 heteroatoms. The maximum Gasteiger partial charge on any atom is 0.339 e. The lowest BCUT2D eigenvalue weighted by Crippen LogP contribution is -2.06. The summed E-state index contributed by atoms with van der Waals surface area (Å²) in [5.74, 6) is 0.0652. The molecule has 0 fully saturated rings. The molecule has 5 nitrogen and oxygen atoms in total. The highest BCUT2D eigenvalue weighted by molar-refractivity contribution is 5.90. The van der Waals surface area contributed by atoms with Crippen LogP contribution in [0.2, 0.25) is 0 Å². The number of carboxylic acid groups (broad SMARTS) is 1. The molecule has 104 valence electrons. The Kier molecular flexibility index (Phi) is 4.55. The molecule has 0 bridgehead atoms. The highest BCUT2D eigenvalue weighted by atomic mass is 16.5. The normalized spacial score (nSPS) is 10.1. The minimum atomic E-state index is -1.02. The van der Waals surface area contributed by atoms with E-state index >= 15 is 0 Å². The van der Waals surface area contributed by atoms with Crippen molar-refractivity contribution in [3.05, 3.63) is 53.9 Å². The van der Waals surface area contributed by atoms with Crippen LogP contribution in [-0.2, 0) is 6.42 Å². The average molecular weight is 273 g/mol. The predicted octanol–water partition coefficient (Wildman–Crippen LogP) is 2.41. The number of carbonyl (C=O) groups is 1. The van der Waals surface area contributed by atoms with E-state index in [0.29, 0.717) is 13.0 Å². The van der Waals surface area contributed by atoms with Gasteiger partial charge in [-0.25, -0.2) is 4.79 Å². The zero-order valence-electron chi connectivity index (χ0n) is 11.1. The Hall–Kier alpha value is -2.56. The van der Waals surface area contributed by atoms with E-state index in [1.807, 2.05) is 24.3 Å². The van der Waals surface area contributed by atoms with Crippen LogP contribution in [0.3, 0.4) is 0 Å². The standard InChI is InChI=1S/C15H15NO4/c1-19-12-4-2-11(3-5-12)7-9-20-14-10-16-8-6-13(14)15(17)18/h2-6,8,10H,7,9H2,1H3,(H,17,18). The van der Waals surface area contributed by atoms with Crippen molar-refractivity contribution in [2.24, 2.45) is 0 Å². The van der Waals surface area contributed by atoms with Crippen LogP contribution in [0.5, 0.6) is 11.5 Å². The van der Waals surface area contributed by atoms with Crippen molar-refractivity contribution >= 4 is 5.97 Å². The van der Waals surface area contributed by atoms with E-state index in [-0.39, 0.29) is 11.3 Å². The smallest absolute Gasteiger partial charge is 0.339 e. The molecule has 0 unspecified atom stereocenters. The van der Waals surface area contributed by atoms with Crippen LogP contribution >= 0.6 is 0 Å². The van der Waals surface area contributed by atoms with Gasteiger partial charge in [0.1, 0.15) is 11.3 Å². The summed E-state index contributed by atoms with van der Waals surface area (Å²) in [6.07, 6.45) is 3.52. The second-order valence-corrected chi connectivity index (χ2v) is 4.12. The molecule has 0 saturated heterocycles. The molecule has 0 radical (unpaired) electrons. The number of rotatable bonds is 6. The largest absolute Gasteiger partial charge is 0.497 e. The average Bonchev–Trinajstić information content (AvgIpc) is 2.48. The van der Waals surface area contributed by atoms with Gasteiger partial charge in [0.05, 0.1) is 19.9 Å². The van der Waals surface area contributed by atoms with Crippen molar-refractivity contribution in [2.75, 3.05) is 13.7 Å². The van der Waals surface area contributed by atoms with Gasteiger partial charge in [0, 0.05) is 12.6 Å². The van der Waals surface area contributed by atoms with E-state index in [1.54, 1.807) is 7.11 Å². The minimum absolute atomic E-state index is 0.120. The van der Waals surface area contributed by atoms with Crippen LogP contribution in [0.1, 0.15) is 15.9 Å². The Morgan fingerprint density at radius 3 is 2.65 bits per heavy atom. The Bertz CT molecular complexity index is 581. The molecule has 2 aromatic rings. The second kappa shape index (κ2) is 6.56.